The molecule has 4 atom stereocenters. The van der Waals surface area contributed by atoms with E-state index in [0.29, 0.717) is 11.4 Å². The fourth-order valence-corrected chi connectivity index (χ4v) is 5.96. The number of halogens is 1. The van der Waals surface area contributed by atoms with E-state index in [1.165, 1.54) is 0 Å². The third-order valence-electron chi connectivity index (χ3n) is 6.34. The number of aliphatic carboxylic acids is 1. The number of likely N-dealkylation sites (tertiary alicyclic amines) is 1. The molecule has 1 saturated heterocycles. The highest BCUT2D eigenvalue weighted by Gasteiger charge is 2.46. The number of carboxylic acids is 1. The highest BCUT2D eigenvalue weighted by Crippen LogP contribution is 2.44. The average Bonchev–Trinajstić information content (AvgIpc) is 2.67. The number of carboxylic acid groups (broad SMARTS) is 1. The first-order chi connectivity index (χ1) is 14.4. The second-order valence-corrected chi connectivity index (χ2v) is 12.2. The van der Waals surface area contributed by atoms with Crippen LogP contribution in [-0.4, -0.2) is 47.3 Å². The molecule has 2 rings (SSSR count). The second kappa shape index (κ2) is 10.3. The van der Waals surface area contributed by atoms with Crippen LogP contribution < -0.4 is 0 Å². The van der Waals surface area contributed by atoms with Crippen LogP contribution in [0.2, 0.25) is 5.02 Å². The minimum Gasteiger partial charge on any atom is -0.481 e. The van der Waals surface area contributed by atoms with E-state index >= 15 is 0 Å². The Kier molecular flexibility index (Phi) is 8.56. The molecule has 1 aromatic carbocycles. The number of carbonyl (C=O) groups excluding carboxylic acids is 1. The van der Waals surface area contributed by atoms with Gasteiger partial charge in [0.25, 0.3) is 0 Å². The van der Waals surface area contributed by atoms with Gasteiger partial charge in [-0.1, -0.05) is 50.9 Å². The van der Waals surface area contributed by atoms with Crippen molar-refractivity contribution in [3.8, 4) is 0 Å². The summed E-state index contributed by atoms with van der Waals surface area (Å²) in [6.07, 6.45) is 0.961. The standard InChI is InChI=1S/C23H34ClNO5S/c1-6-16-11-18(12-21(26)27)23(28)25(22(16)17-7-9-19(24)10-8-17)20(14(2)3)13-31(29,30)15(4)5/h7-10,14-16,18,20,22H,6,11-13H2,1-5H3,(H,26,27)/t16?,18?,20-,22?/m1/s1. The van der Waals surface area contributed by atoms with Gasteiger partial charge in [0.1, 0.15) is 0 Å². The van der Waals surface area contributed by atoms with Crippen molar-refractivity contribution < 1.29 is 23.1 Å². The maximum Gasteiger partial charge on any atom is 0.304 e. The summed E-state index contributed by atoms with van der Waals surface area (Å²) < 4.78 is 25.7. The molecule has 0 aliphatic carbocycles. The van der Waals surface area contributed by atoms with Crippen LogP contribution in [0.15, 0.2) is 24.3 Å². The largest absolute Gasteiger partial charge is 0.481 e. The Morgan fingerprint density at radius 1 is 1.19 bits per heavy atom. The summed E-state index contributed by atoms with van der Waals surface area (Å²) in [4.78, 5) is 26.8. The van der Waals surface area contributed by atoms with Crippen molar-refractivity contribution in [2.24, 2.45) is 17.8 Å². The molecule has 1 N–H and O–H groups in total. The minimum absolute atomic E-state index is 0.0197. The van der Waals surface area contributed by atoms with Gasteiger partial charge in [-0.15, -0.1) is 0 Å². The minimum atomic E-state index is -3.42. The van der Waals surface area contributed by atoms with Crippen LogP contribution in [0, 0.1) is 17.8 Å². The smallest absolute Gasteiger partial charge is 0.304 e. The molecule has 1 aliphatic rings. The molecule has 0 radical (unpaired) electrons. The zero-order valence-electron chi connectivity index (χ0n) is 18.9. The lowest BCUT2D eigenvalue weighted by atomic mass is 9.75. The maximum absolute atomic E-state index is 13.6. The molecule has 31 heavy (non-hydrogen) atoms. The second-order valence-electron chi connectivity index (χ2n) is 9.13. The van der Waals surface area contributed by atoms with Crippen LogP contribution >= 0.6 is 11.6 Å². The zero-order valence-corrected chi connectivity index (χ0v) is 20.5. The first-order valence-corrected chi connectivity index (χ1v) is 13.0. The highest BCUT2D eigenvalue weighted by molar-refractivity contribution is 7.92. The number of nitrogens with zero attached hydrogens (tertiary/aromatic N) is 1. The Bertz CT molecular complexity index is 882. The molecule has 1 fully saturated rings. The Labute approximate surface area is 190 Å². The van der Waals surface area contributed by atoms with Crippen LogP contribution in [0.5, 0.6) is 0 Å². The summed E-state index contributed by atoms with van der Waals surface area (Å²) in [5.74, 6) is -2.19. The van der Waals surface area contributed by atoms with Crippen molar-refractivity contribution in [1.82, 2.24) is 4.90 Å². The van der Waals surface area contributed by atoms with Crippen molar-refractivity contribution in [3.63, 3.8) is 0 Å². The summed E-state index contributed by atoms with van der Waals surface area (Å²) in [7, 11) is -3.42. The van der Waals surface area contributed by atoms with Crippen LogP contribution in [-0.2, 0) is 19.4 Å². The summed E-state index contributed by atoms with van der Waals surface area (Å²) in [5.41, 5.74) is 0.894. The van der Waals surface area contributed by atoms with E-state index in [9.17, 15) is 23.1 Å². The number of amides is 1. The van der Waals surface area contributed by atoms with E-state index in [0.717, 1.165) is 12.0 Å². The van der Waals surface area contributed by atoms with E-state index in [-0.39, 0.29) is 36.0 Å². The van der Waals surface area contributed by atoms with E-state index in [4.69, 9.17) is 11.6 Å². The molecule has 6 nitrogen and oxygen atoms in total. The molecular weight excluding hydrogens is 438 g/mol. The predicted octanol–water partition coefficient (Wildman–Crippen LogP) is 4.58. The number of sulfone groups is 1. The van der Waals surface area contributed by atoms with E-state index in [1.54, 1.807) is 30.9 Å². The normalized spacial score (nSPS) is 23.4. The molecule has 0 spiro atoms. The molecule has 3 unspecified atom stereocenters. The van der Waals surface area contributed by atoms with Crippen molar-refractivity contribution in [3.05, 3.63) is 34.9 Å². The van der Waals surface area contributed by atoms with Gasteiger partial charge in [0.2, 0.25) is 5.91 Å². The van der Waals surface area contributed by atoms with Crippen molar-refractivity contribution in [2.45, 2.75) is 71.2 Å². The van der Waals surface area contributed by atoms with Gasteiger partial charge in [-0.05, 0) is 49.8 Å². The molecule has 0 bridgehead atoms. The fraction of sp³-hybridized carbons (Fsp3) is 0.652. The van der Waals surface area contributed by atoms with E-state index in [2.05, 4.69) is 0 Å². The highest BCUT2D eigenvalue weighted by atomic mass is 35.5. The number of rotatable bonds is 9. The third-order valence-corrected chi connectivity index (χ3v) is 8.84. The van der Waals surface area contributed by atoms with Crippen LogP contribution in [0.4, 0.5) is 0 Å². The van der Waals surface area contributed by atoms with Gasteiger partial charge in [-0.2, -0.15) is 0 Å². The zero-order chi connectivity index (χ0) is 23.5. The van der Waals surface area contributed by atoms with Crippen LogP contribution in [0.3, 0.4) is 0 Å². The Balaban J connectivity index is 2.61. The van der Waals surface area contributed by atoms with Gasteiger partial charge < -0.3 is 10.0 Å². The van der Waals surface area contributed by atoms with Crippen molar-refractivity contribution in [1.29, 1.82) is 0 Å². The lowest BCUT2D eigenvalue weighted by molar-refractivity contribution is -0.154. The summed E-state index contributed by atoms with van der Waals surface area (Å²) in [6, 6.07) is 6.42. The molecular formula is C23H34ClNO5S. The van der Waals surface area contributed by atoms with Gasteiger partial charge in [0.15, 0.2) is 9.84 Å². The quantitative estimate of drug-likeness (QED) is 0.569. The first kappa shape index (κ1) is 25.7. The monoisotopic (exact) mass is 471 g/mol. The average molecular weight is 472 g/mol. The maximum atomic E-state index is 13.6. The van der Waals surface area contributed by atoms with Crippen LogP contribution in [0.25, 0.3) is 0 Å². The lowest BCUT2D eigenvalue weighted by Gasteiger charge is -2.49. The number of piperidine rings is 1. The SMILES string of the molecule is CCC1CC(CC(=O)O)C(=O)N([C@H](CS(=O)(=O)C(C)C)C(C)C)C1c1ccc(Cl)cc1. The van der Waals surface area contributed by atoms with Gasteiger partial charge >= 0.3 is 5.97 Å². The number of hydrogen-bond acceptors (Lipinski definition) is 4. The summed E-state index contributed by atoms with van der Waals surface area (Å²) >= 11 is 6.08. The van der Waals surface area contributed by atoms with Gasteiger partial charge in [0, 0.05) is 17.0 Å². The first-order valence-electron chi connectivity index (χ1n) is 10.9. The molecule has 1 heterocycles. The van der Waals surface area contributed by atoms with E-state index < -0.39 is 33.0 Å². The topological polar surface area (TPSA) is 91.8 Å². The molecule has 1 aliphatic heterocycles. The Hall–Kier alpha value is -1.60. The number of carbonyl (C=O) groups is 2. The van der Waals surface area contributed by atoms with E-state index in [1.807, 2.05) is 32.9 Å². The molecule has 8 heteroatoms. The van der Waals surface area contributed by atoms with Crippen molar-refractivity contribution in [2.75, 3.05) is 5.75 Å². The van der Waals surface area contributed by atoms with Crippen molar-refractivity contribution >= 4 is 33.3 Å². The Morgan fingerprint density at radius 3 is 2.23 bits per heavy atom. The number of benzene rings is 1. The Morgan fingerprint density at radius 2 is 1.77 bits per heavy atom. The van der Waals surface area contributed by atoms with Gasteiger partial charge in [-0.25, -0.2) is 8.42 Å². The molecule has 0 saturated carbocycles. The van der Waals surface area contributed by atoms with Gasteiger partial charge in [-0.3, -0.25) is 9.59 Å². The van der Waals surface area contributed by atoms with Gasteiger partial charge in [0.05, 0.1) is 23.5 Å². The molecule has 174 valence electrons. The van der Waals surface area contributed by atoms with Crippen LogP contribution in [0.1, 0.15) is 65.5 Å². The molecule has 1 aromatic rings. The molecule has 0 aromatic heterocycles. The third kappa shape index (κ3) is 6.01. The predicted molar refractivity (Wildman–Crippen MR) is 123 cm³/mol. The summed E-state index contributed by atoms with van der Waals surface area (Å²) in [6.45, 7) is 9.13. The molecule has 1 amide bonds. The fourth-order valence-electron chi connectivity index (χ4n) is 4.43. The number of hydrogen-bond donors (Lipinski definition) is 1. The summed E-state index contributed by atoms with van der Waals surface area (Å²) in [5, 5.41) is 9.39. The lowest BCUT2D eigenvalue weighted by Crippen LogP contribution is -2.56.